The quantitative estimate of drug-likeness (QED) is 0.834. The minimum absolute atomic E-state index is 0.225. The molecule has 0 unspecified atom stereocenters. The zero-order chi connectivity index (χ0) is 12.4. The van der Waals surface area contributed by atoms with Gasteiger partial charge < -0.3 is 0 Å². The fraction of sp³-hybridized carbons (Fsp3) is 0.182. The van der Waals surface area contributed by atoms with Crippen LogP contribution < -0.4 is 5.32 Å². The molecule has 0 fully saturated rings. The highest BCUT2D eigenvalue weighted by atomic mass is 32.1. The van der Waals surface area contributed by atoms with Crippen LogP contribution in [0.4, 0.5) is 9.52 Å². The molecule has 0 aliphatic carbocycles. The van der Waals surface area contributed by atoms with Crippen LogP contribution in [0.3, 0.4) is 0 Å². The molecule has 2 heterocycles. The average Bonchev–Trinajstić information content (AvgIpc) is 2.58. The number of halogens is 1. The van der Waals surface area contributed by atoms with Crippen molar-refractivity contribution in [2.45, 2.75) is 13.8 Å². The largest absolute Gasteiger partial charge is 0.298 e. The van der Waals surface area contributed by atoms with Crippen molar-refractivity contribution in [3.8, 4) is 0 Å². The van der Waals surface area contributed by atoms with Gasteiger partial charge in [-0.05, 0) is 19.9 Å². The number of nitrogens with one attached hydrogen (secondary N) is 1. The molecule has 0 bridgehead atoms. The summed E-state index contributed by atoms with van der Waals surface area (Å²) in [6.45, 7) is 3.79. The lowest BCUT2D eigenvalue weighted by atomic mass is 10.2. The summed E-state index contributed by atoms with van der Waals surface area (Å²) >= 11 is 1.39. The molecule has 0 saturated carbocycles. The van der Waals surface area contributed by atoms with E-state index >= 15 is 0 Å². The summed E-state index contributed by atoms with van der Waals surface area (Å²) in [4.78, 5) is 20.4. The smallest absolute Gasteiger partial charge is 0.257 e. The van der Waals surface area contributed by atoms with Crippen molar-refractivity contribution in [1.29, 1.82) is 0 Å². The number of carbonyl (C=O) groups is 1. The van der Waals surface area contributed by atoms with E-state index < -0.39 is 5.95 Å². The standard InChI is InChI=1S/C11H10FN3OS/c1-6-7(2)17-11(14-6)15-10(16)8-3-4-13-9(12)5-8/h3-5H,1-2H3,(H,14,15,16). The van der Waals surface area contributed by atoms with E-state index in [1.165, 1.54) is 23.6 Å². The third-order valence-electron chi connectivity index (χ3n) is 2.24. The first-order valence-corrected chi connectivity index (χ1v) is 5.75. The van der Waals surface area contributed by atoms with E-state index in [1.807, 2.05) is 13.8 Å². The molecule has 0 aliphatic heterocycles. The molecule has 0 aromatic carbocycles. The van der Waals surface area contributed by atoms with Crippen LogP contribution in [0.5, 0.6) is 0 Å². The summed E-state index contributed by atoms with van der Waals surface area (Å²) in [5, 5.41) is 3.14. The molecule has 0 spiro atoms. The molecule has 2 aromatic rings. The van der Waals surface area contributed by atoms with Gasteiger partial charge in [-0.1, -0.05) is 0 Å². The first-order chi connectivity index (χ1) is 8.06. The molecular weight excluding hydrogens is 241 g/mol. The van der Waals surface area contributed by atoms with Crippen LogP contribution in [-0.2, 0) is 0 Å². The second-order valence-corrected chi connectivity index (χ2v) is 4.69. The van der Waals surface area contributed by atoms with Crippen LogP contribution in [0, 0.1) is 19.8 Å². The third-order valence-corrected chi connectivity index (χ3v) is 3.23. The Kier molecular flexibility index (Phi) is 3.14. The summed E-state index contributed by atoms with van der Waals surface area (Å²) in [5.74, 6) is -1.07. The normalized spacial score (nSPS) is 10.3. The van der Waals surface area contributed by atoms with Crippen LogP contribution in [0.15, 0.2) is 18.3 Å². The van der Waals surface area contributed by atoms with Gasteiger partial charge in [-0.15, -0.1) is 11.3 Å². The Hall–Kier alpha value is -1.82. The summed E-state index contributed by atoms with van der Waals surface area (Å²) in [5.41, 5.74) is 1.11. The molecule has 4 nitrogen and oxygen atoms in total. The number of aromatic nitrogens is 2. The number of pyridine rings is 1. The number of anilines is 1. The second-order valence-electron chi connectivity index (χ2n) is 3.48. The minimum atomic E-state index is -0.677. The van der Waals surface area contributed by atoms with Crippen LogP contribution in [0.2, 0.25) is 0 Å². The summed E-state index contributed by atoms with van der Waals surface area (Å²) in [6, 6.07) is 2.54. The van der Waals surface area contributed by atoms with Crippen molar-refractivity contribution in [1.82, 2.24) is 9.97 Å². The summed E-state index contributed by atoms with van der Waals surface area (Å²) in [6.07, 6.45) is 1.25. The van der Waals surface area contributed by atoms with Gasteiger partial charge in [0.05, 0.1) is 5.69 Å². The monoisotopic (exact) mass is 251 g/mol. The van der Waals surface area contributed by atoms with Crippen LogP contribution in [0.1, 0.15) is 20.9 Å². The number of hydrogen-bond donors (Lipinski definition) is 1. The Labute approximate surface area is 102 Å². The Morgan fingerprint density at radius 2 is 2.24 bits per heavy atom. The van der Waals surface area contributed by atoms with Gasteiger partial charge in [0.1, 0.15) is 0 Å². The number of rotatable bonds is 2. The maximum absolute atomic E-state index is 12.8. The molecule has 2 rings (SSSR count). The fourth-order valence-corrected chi connectivity index (χ4v) is 2.05. The van der Waals surface area contributed by atoms with E-state index in [4.69, 9.17) is 0 Å². The van der Waals surface area contributed by atoms with E-state index in [2.05, 4.69) is 15.3 Å². The maximum atomic E-state index is 12.8. The lowest BCUT2D eigenvalue weighted by Crippen LogP contribution is -2.12. The number of aryl methyl sites for hydroxylation is 2. The zero-order valence-corrected chi connectivity index (χ0v) is 10.1. The molecule has 6 heteroatoms. The van der Waals surface area contributed by atoms with Gasteiger partial charge in [-0.25, -0.2) is 9.97 Å². The number of nitrogens with zero attached hydrogens (tertiary/aromatic N) is 2. The highest BCUT2D eigenvalue weighted by Crippen LogP contribution is 2.21. The van der Waals surface area contributed by atoms with Gasteiger partial charge in [-0.3, -0.25) is 10.1 Å². The number of carbonyl (C=O) groups excluding carboxylic acids is 1. The predicted molar refractivity (Wildman–Crippen MR) is 63.7 cm³/mol. The first-order valence-electron chi connectivity index (χ1n) is 4.93. The third kappa shape index (κ3) is 2.65. The topological polar surface area (TPSA) is 54.9 Å². The Morgan fingerprint density at radius 1 is 1.47 bits per heavy atom. The van der Waals surface area contributed by atoms with E-state index in [0.29, 0.717) is 5.13 Å². The lowest BCUT2D eigenvalue weighted by molar-refractivity contribution is 0.102. The van der Waals surface area contributed by atoms with Crippen molar-refractivity contribution in [2.75, 3.05) is 5.32 Å². The molecule has 0 saturated heterocycles. The van der Waals surface area contributed by atoms with Gasteiger partial charge in [0.25, 0.3) is 5.91 Å². The second kappa shape index (κ2) is 4.58. The molecule has 1 N–H and O–H groups in total. The van der Waals surface area contributed by atoms with Gasteiger partial charge in [-0.2, -0.15) is 4.39 Å². The Morgan fingerprint density at radius 3 is 2.82 bits per heavy atom. The zero-order valence-electron chi connectivity index (χ0n) is 9.32. The van der Waals surface area contributed by atoms with E-state index in [0.717, 1.165) is 16.6 Å². The van der Waals surface area contributed by atoms with E-state index in [1.54, 1.807) is 0 Å². The molecule has 0 atom stereocenters. The fourth-order valence-electron chi connectivity index (χ4n) is 1.24. The van der Waals surface area contributed by atoms with Crippen LogP contribution >= 0.6 is 11.3 Å². The van der Waals surface area contributed by atoms with E-state index in [9.17, 15) is 9.18 Å². The SMILES string of the molecule is Cc1nc(NC(=O)c2ccnc(F)c2)sc1C. The lowest BCUT2D eigenvalue weighted by Gasteiger charge is -2.00. The van der Waals surface area contributed by atoms with Crippen LogP contribution in [0.25, 0.3) is 0 Å². The molecule has 88 valence electrons. The summed E-state index contributed by atoms with van der Waals surface area (Å²) in [7, 11) is 0. The highest BCUT2D eigenvalue weighted by Gasteiger charge is 2.10. The Bertz CT molecular complexity index is 548. The molecule has 0 radical (unpaired) electrons. The minimum Gasteiger partial charge on any atom is -0.298 e. The molecule has 0 aliphatic rings. The van der Waals surface area contributed by atoms with Gasteiger partial charge in [0.15, 0.2) is 5.13 Å². The summed E-state index contributed by atoms with van der Waals surface area (Å²) < 4.78 is 12.8. The number of hydrogen-bond acceptors (Lipinski definition) is 4. The van der Waals surface area contributed by atoms with Crippen molar-refractivity contribution in [3.05, 3.63) is 40.4 Å². The predicted octanol–water partition coefficient (Wildman–Crippen LogP) is 2.55. The molecule has 17 heavy (non-hydrogen) atoms. The number of amides is 1. The van der Waals surface area contributed by atoms with E-state index in [-0.39, 0.29) is 11.5 Å². The highest BCUT2D eigenvalue weighted by molar-refractivity contribution is 7.15. The van der Waals surface area contributed by atoms with Crippen molar-refractivity contribution < 1.29 is 9.18 Å². The van der Waals surface area contributed by atoms with Gasteiger partial charge >= 0.3 is 0 Å². The average molecular weight is 251 g/mol. The van der Waals surface area contributed by atoms with Crippen molar-refractivity contribution in [3.63, 3.8) is 0 Å². The molecular formula is C11H10FN3OS. The van der Waals surface area contributed by atoms with Gasteiger partial charge in [0.2, 0.25) is 5.95 Å². The van der Waals surface area contributed by atoms with Gasteiger partial charge in [0, 0.05) is 22.7 Å². The molecule has 1 amide bonds. The Balaban J connectivity index is 2.17. The van der Waals surface area contributed by atoms with Crippen LogP contribution in [-0.4, -0.2) is 15.9 Å². The first kappa shape index (κ1) is 11.7. The number of thiazole rings is 1. The molecule has 2 aromatic heterocycles. The van der Waals surface area contributed by atoms with Crippen molar-refractivity contribution >= 4 is 22.4 Å². The van der Waals surface area contributed by atoms with Crippen molar-refractivity contribution in [2.24, 2.45) is 0 Å². The maximum Gasteiger partial charge on any atom is 0.257 e.